The van der Waals surface area contributed by atoms with E-state index >= 15 is 0 Å². The molecule has 33 heavy (non-hydrogen) atoms. The van der Waals surface area contributed by atoms with E-state index in [-0.39, 0.29) is 36.1 Å². The maximum Gasteiger partial charge on any atom is 0.261 e. The first-order chi connectivity index (χ1) is 15.5. The van der Waals surface area contributed by atoms with Crippen LogP contribution < -0.4 is 10.4 Å². The molecule has 5 nitrogen and oxygen atoms in total. The fourth-order valence-corrected chi connectivity index (χ4v) is 10.1. The molecule has 0 aliphatic carbocycles. The number of hydrogen-bond donors (Lipinski definition) is 1. The van der Waals surface area contributed by atoms with Crippen molar-refractivity contribution in [2.75, 3.05) is 6.61 Å². The fourth-order valence-electron chi connectivity index (χ4n) is 5.38. The van der Waals surface area contributed by atoms with E-state index in [9.17, 15) is 5.11 Å². The summed E-state index contributed by atoms with van der Waals surface area (Å²) in [5.74, 6) is -0.732. The molecule has 0 bridgehead atoms. The van der Waals surface area contributed by atoms with E-state index < -0.39 is 20.2 Å². The highest BCUT2D eigenvalue weighted by molar-refractivity contribution is 6.99. The normalized spacial score (nSPS) is 28.3. The lowest BCUT2D eigenvalue weighted by Gasteiger charge is -2.45. The molecule has 180 valence electrons. The summed E-state index contributed by atoms with van der Waals surface area (Å²) in [6.07, 6.45) is -0.982. The predicted octanol–water partition coefficient (Wildman–Crippen LogP) is 3.62. The Morgan fingerprint density at radius 1 is 0.970 bits per heavy atom. The van der Waals surface area contributed by atoms with E-state index in [4.69, 9.17) is 18.6 Å². The number of aliphatic hydroxyl groups is 1. The van der Waals surface area contributed by atoms with Gasteiger partial charge in [-0.05, 0) is 36.2 Å². The Hall–Kier alpha value is -1.54. The molecule has 0 amide bonds. The highest BCUT2D eigenvalue weighted by Gasteiger charge is 2.54. The van der Waals surface area contributed by atoms with E-state index in [1.54, 1.807) is 0 Å². The highest BCUT2D eigenvalue weighted by Crippen LogP contribution is 2.40. The Morgan fingerprint density at radius 2 is 1.48 bits per heavy atom. The molecule has 6 heteroatoms. The van der Waals surface area contributed by atoms with Gasteiger partial charge in [-0.1, -0.05) is 81.4 Å². The molecule has 5 atom stereocenters. The average Bonchev–Trinajstić information content (AvgIpc) is 3.11. The van der Waals surface area contributed by atoms with Crippen molar-refractivity contribution in [3.05, 3.63) is 60.7 Å². The zero-order valence-corrected chi connectivity index (χ0v) is 21.7. The quantitative estimate of drug-likeness (QED) is 0.654. The molecule has 2 heterocycles. The van der Waals surface area contributed by atoms with Crippen molar-refractivity contribution in [2.45, 2.75) is 89.3 Å². The molecule has 0 spiro atoms. The van der Waals surface area contributed by atoms with Crippen LogP contribution in [0.25, 0.3) is 0 Å². The van der Waals surface area contributed by atoms with Gasteiger partial charge >= 0.3 is 0 Å². The number of aliphatic hydroxyl groups excluding tert-OH is 1. The smallest absolute Gasteiger partial charge is 0.261 e. The summed E-state index contributed by atoms with van der Waals surface area (Å²) in [4.78, 5) is 0. The summed E-state index contributed by atoms with van der Waals surface area (Å²) in [5.41, 5.74) is 0. The van der Waals surface area contributed by atoms with E-state index in [1.165, 1.54) is 10.4 Å². The third-order valence-electron chi connectivity index (χ3n) is 6.75. The van der Waals surface area contributed by atoms with Gasteiger partial charge in [0.15, 0.2) is 5.79 Å². The summed E-state index contributed by atoms with van der Waals surface area (Å²) >= 11 is 0. The SMILES string of the molecule is CC(C[C@@H]1OC[C@H](O)[C@H]2OC(C)(C)O[C@H]21)O[Si](c1ccccc1)(c1ccccc1)C(C)(C)C. The van der Waals surface area contributed by atoms with E-state index in [0.717, 1.165) is 0 Å². The first-order valence-electron chi connectivity index (χ1n) is 12.0. The first kappa shape index (κ1) is 24.6. The van der Waals surface area contributed by atoms with Gasteiger partial charge in [-0.25, -0.2) is 0 Å². The van der Waals surface area contributed by atoms with Crippen LogP contribution in [-0.2, 0) is 18.6 Å². The van der Waals surface area contributed by atoms with Gasteiger partial charge in [-0.15, -0.1) is 0 Å². The summed E-state index contributed by atoms with van der Waals surface area (Å²) in [6.45, 7) is 13.0. The minimum Gasteiger partial charge on any atom is -0.405 e. The fraction of sp³-hybridized carbons (Fsp3) is 0.556. The summed E-state index contributed by atoms with van der Waals surface area (Å²) in [5, 5.41) is 12.8. The summed E-state index contributed by atoms with van der Waals surface area (Å²) in [6, 6.07) is 21.3. The van der Waals surface area contributed by atoms with Crippen LogP contribution in [0.4, 0.5) is 0 Å². The molecule has 0 aromatic heterocycles. The van der Waals surface area contributed by atoms with Gasteiger partial charge in [0.1, 0.15) is 18.3 Å². The molecule has 2 aliphatic rings. The summed E-state index contributed by atoms with van der Waals surface area (Å²) in [7, 11) is -2.65. The van der Waals surface area contributed by atoms with Gasteiger partial charge in [0.25, 0.3) is 8.32 Å². The van der Waals surface area contributed by atoms with Crippen LogP contribution in [0.3, 0.4) is 0 Å². The Bertz CT molecular complexity index is 872. The second-order valence-electron chi connectivity index (χ2n) is 10.8. The van der Waals surface area contributed by atoms with E-state index in [0.29, 0.717) is 6.42 Å². The van der Waals surface area contributed by atoms with Gasteiger partial charge in [0, 0.05) is 12.5 Å². The van der Waals surface area contributed by atoms with Crippen LogP contribution in [0.15, 0.2) is 60.7 Å². The second kappa shape index (κ2) is 9.25. The van der Waals surface area contributed by atoms with E-state index in [1.807, 2.05) is 13.8 Å². The topological polar surface area (TPSA) is 57.2 Å². The van der Waals surface area contributed by atoms with Crippen molar-refractivity contribution >= 4 is 18.7 Å². The third kappa shape index (κ3) is 4.83. The molecule has 1 N–H and O–H groups in total. The van der Waals surface area contributed by atoms with Gasteiger partial charge in [0.2, 0.25) is 0 Å². The van der Waals surface area contributed by atoms with Crippen molar-refractivity contribution in [3.8, 4) is 0 Å². The number of ether oxygens (including phenoxy) is 3. The Morgan fingerprint density at radius 3 is 2.00 bits per heavy atom. The van der Waals surface area contributed by atoms with Gasteiger partial charge in [-0.3, -0.25) is 0 Å². The van der Waals surface area contributed by atoms with Crippen LogP contribution in [0.5, 0.6) is 0 Å². The van der Waals surface area contributed by atoms with Crippen molar-refractivity contribution in [2.24, 2.45) is 0 Å². The van der Waals surface area contributed by atoms with Crippen LogP contribution >= 0.6 is 0 Å². The first-order valence-corrected chi connectivity index (χ1v) is 13.9. The maximum atomic E-state index is 10.4. The lowest BCUT2D eigenvalue weighted by Crippen LogP contribution is -2.67. The van der Waals surface area contributed by atoms with Crippen LogP contribution in [-0.4, -0.2) is 56.3 Å². The predicted molar refractivity (Wildman–Crippen MR) is 132 cm³/mol. The van der Waals surface area contributed by atoms with E-state index in [2.05, 4.69) is 88.4 Å². The lowest BCUT2D eigenvalue weighted by atomic mass is 9.96. The zero-order chi connectivity index (χ0) is 23.9. The van der Waals surface area contributed by atoms with Crippen molar-refractivity contribution in [1.29, 1.82) is 0 Å². The average molecular weight is 471 g/mol. The Kier molecular flexibility index (Phi) is 6.89. The number of benzene rings is 2. The largest absolute Gasteiger partial charge is 0.405 e. The zero-order valence-electron chi connectivity index (χ0n) is 20.7. The molecule has 0 radical (unpaired) electrons. The maximum absolute atomic E-state index is 10.4. The number of fused-ring (bicyclic) bond motifs is 1. The Labute approximate surface area is 199 Å². The van der Waals surface area contributed by atoms with Crippen molar-refractivity contribution < 1.29 is 23.7 Å². The third-order valence-corrected chi connectivity index (χ3v) is 11.9. The standard InChI is InChI=1S/C27H38O5Si/c1-19(17-23-25-24(22(28)18-29-23)30-27(5,6)31-25)32-33(26(2,3)4,20-13-9-7-10-14-20)21-15-11-8-12-16-21/h7-16,19,22-25,28H,17-18H2,1-6H3/t19?,22-,23-,24+,25-/m0/s1. The number of hydrogen-bond acceptors (Lipinski definition) is 5. The Balaban J connectivity index is 1.64. The lowest BCUT2D eigenvalue weighted by molar-refractivity contribution is -0.156. The minimum atomic E-state index is -2.65. The molecular formula is C27H38O5Si. The van der Waals surface area contributed by atoms with Crippen LogP contribution in [0.1, 0.15) is 48.0 Å². The number of rotatable bonds is 6. The molecular weight excluding hydrogens is 432 g/mol. The van der Waals surface area contributed by atoms with Gasteiger partial charge < -0.3 is 23.7 Å². The minimum absolute atomic E-state index is 0.0792. The molecule has 0 saturated carbocycles. The second-order valence-corrected chi connectivity index (χ2v) is 15.1. The van der Waals surface area contributed by atoms with Crippen LogP contribution in [0, 0.1) is 0 Å². The van der Waals surface area contributed by atoms with Gasteiger partial charge in [0.05, 0.1) is 12.7 Å². The summed E-state index contributed by atoms with van der Waals surface area (Å²) < 4.78 is 25.4. The molecule has 2 aromatic carbocycles. The molecule has 2 aromatic rings. The molecule has 2 fully saturated rings. The monoisotopic (exact) mass is 470 g/mol. The molecule has 2 saturated heterocycles. The van der Waals surface area contributed by atoms with Crippen LogP contribution in [0.2, 0.25) is 5.04 Å². The molecule has 2 aliphatic heterocycles. The molecule has 4 rings (SSSR count). The molecule has 1 unspecified atom stereocenters. The van der Waals surface area contributed by atoms with Crippen molar-refractivity contribution in [3.63, 3.8) is 0 Å². The van der Waals surface area contributed by atoms with Crippen molar-refractivity contribution in [1.82, 2.24) is 0 Å². The van der Waals surface area contributed by atoms with Gasteiger partial charge in [-0.2, -0.15) is 0 Å². The highest BCUT2D eigenvalue weighted by atomic mass is 28.4.